The van der Waals surface area contributed by atoms with Gasteiger partial charge in [-0.05, 0) is 25.5 Å². The molecule has 0 radical (unpaired) electrons. The molecule has 1 amide bonds. The lowest BCUT2D eigenvalue weighted by Crippen LogP contribution is -2.39. The van der Waals surface area contributed by atoms with Gasteiger partial charge in [-0.15, -0.1) is 0 Å². The molecule has 1 aliphatic rings. The first-order valence-corrected chi connectivity index (χ1v) is 7.92. The molecule has 126 valence electrons. The zero-order valence-corrected chi connectivity index (χ0v) is 14.1. The number of hydrogen-bond acceptors (Lipinski definition) is 6. The highest BCUT2D eigenvalue weighted by molar-refractivity contribution is 5.92. The van der Waals surface area contributed by atoms with Gasteiger partial charge in [-0.25, -0.2) is 9.97 Å². The maximum Gasteiger partial charge on any atom is 0.272 e. The number of aryl methyl sites for hydroxylation is 1. The summed E-state index contributed by atoms with van der Waals surface area (Å²) < 4.78 is 5.85. The second-order valence-corrected chi connectivity index (χ2v) is 5.82. The molecule has 0 spiro atoms. The van der Waals surface area contributed by atoms with Crippen LogP contribution in [0.3, 0.4) is 0 Å². The summed E-state index contributed by atoms with van der Waals surface area (Å²) in [6.45, 7) is 2.46. The van der Waals surface area contributed by atoms with Crippen LogP contribution in [0.1, 0.15) is 34.3 Å². The van der Waals surface area contributed by atoms with Crippen molar-refractivity contribution in [2.75, 3.05) is 26.0 Å². The summed E-state index contributed by atoms with van der Waals surface area (Å²) in [6.07, 6.45) is 4.13. The Morgan fingerprint density at radius 3 is 2.96 bits per heavy atom. The molecule has 0 bridgehead atoms. The second-order valence-electron chi connectivity index (χ2n) is 5.82. The van der Waals surface area contributed by atoms with E-state index in [1.54, 1.807) is 37.5 Å². The Hall–Kier alpha value is -2.54. The molecule has 2 aromatic heterocycles. The highest BCUT2D eigenvalue weighted by atomic mass is 16.5. The van der Waals surface area contributed by atoms with Crippen molar-refractivity contribution in [2.24, 2.45) is 0 Å². The van der Waals surface area contributed by atoms with E-state index in [9.17, 15) is 4.79 Å². The molecule has 1 saturated heterocycles. The molecule has 1 aliphatic heterocycles. The van der Waals surface area contributed by atoms with Crippen molar-refractivity contribution < 1.29 is 9.53 Å². The van der Waals surface area contributed by atoms with Crippen LogP contribution >= 0.6 is 0 Å². The van der Waals surface area contributed by atoms with Gasteiger partial charge < -0.3 is 15.0 Å². The quantitative estimate of drug-likeness (QED) is 0.923. The lowest BCUT2D eigenvalue weighted by atomic mass is 10.0. The second kappa shape index (κ2) is 6.92. The summed E-state index contributed by atoms with van der Waals surface area (Å²) in [7, 11) is 3.53. The largest absolute Gasteiger partial charge is 0.371 e. The minimum absolute atomic E-state index is 0.0463. The summed E-state index contributed by atoms with van der Waals surface area (Å²) >= 11 is 0. The fourth-order valence-electron chi connectivity index (χ4n) is 2.96. The van der Waals surface area contributed by atoms with Gasteiger partial charge in [-0.1, -0.05) is 6.07 Å². The van der Waals surface area contributed by atoms with Crippen LogP contribution in [-0.2, 0) is 4.74 Å². The molecule has 7 nitrogen and oxygen atoms in total. The van der Waals surface area contributed by atoms with Gasteiger partial charge in [-0.2, -0.15) is 0 Å². The van der Waals surface area contributed by atoms with Crippen molar-refractivity contribution in [1.29, 1.82) is 0 Å². The number of nitrogens with one attached hydrogen (secondary N) is 1. The lowest BCUT2D eigenvalue weighted by Gasteiger charge is -2.28. The fraction of sp³-hybridized carbons (Fsp3) is 0.412. The predicted molar refractivity (Wildman–Crippen MR) is 89.7 cm³/mol. The van der Waals surface area contributed by atoms with Gasteiger partial charge in [0, 0.05) is 44.4 Å². The molecule has 1 N–H and O–H groups in total. The highest BCUT2D eigenvalue weighted by Crippen LogP contribution is 2.32. The van der Waals surface area contributed by atoms with Gasteiger partial charge in [0.2, 0.25) is 5.95 Å². The molecule has 3 heterocycles. The molecule has 0 saturated carbocycles. The topological polar surface area (TPSA) is 80.2 Å². The third-order valence-corrected chi connectivity index (χ3v) is 4.19. The van der Waals surface area contributed by atoms with Crippen LogP contribution in [0.15, 0.2) is 30.6 Å². The van der Waals surface area contributed by atoms with E-state index in [2.05, 4.69) is 20.3 Å². The van der Waals surface area contributed by atoms with Crippen molar-refractivity contribution >= 4 is 11.9 Å². The average Bonchev–Trinajstić information content (AvgIpc) is 3.10. The number of pyridine rings is 1. The van der Waals surface area contributed by atoms with Crippen molar-refractivity contribution in [3.8, 4) is 0 Å². The predicted octanol–water partition coefficient (Wildman–Crippen LogP) is 1.82. The number of aromatic nitrogens is 3. The number of likely N-dealkylation sites (N-methyl/N-ethyl adjacent to an activating group) is 1. The van der Waals surface area contributed by atoms with Crippen LogP contribution in [0.4, 0.5) is 5.95 Å². The number of ether oxygens (including phenoxy) is 1. The Bertz CT molecular complexity index is 722. The Morgan fingerprint density at radius 1 is 1.42 bits per heavy atom. The normalized spacial score (nSPS) is 20.0. The van der Waals surface area contributed by atoms with E-state index in [4.69, 9.17) is 4.74 Å². The molecule has 3 rings (SSSR count). The van der Waals surface area contributed by atoms with E-state index < -0.39 is 0 Å². The van der Waals surface area contributed by atoms with Crippen LogP contribution in [0.25, 0.3) is 0 Å². The van der Waals surface area contributed by atoms with Crippen molar-refractivity contribution in [3.63, 3.8) is 0 Å². The van der Waals surface area contributed by atoms with Gasteiger partial charge in [0.05, 0.1) is 6.04 Å². The monoisotopic (exact) mass is 327 g/mol. The number of carbonyl (C=O) groups excluding carboxylic acids is 1. The van der Waals surface area contributed by atoms with Gasteiger partial charge >= 0.3 is 0 Å². The first-order valence-electron chi connectivity index (χ1n) is 7.92. The molecule has 0 aliphatic carbocycles. The molecular formula is C17H21N5O2. The number of anilines is 1. The zero-order chi connectivity index (χ0) is 17.1. The van der Waals surface area contributed by atoms with E-state index in [1.807, 2.05) is 19.1 Å². The van der Waals surface area contributed by atoms with E-state index in [0.29, 0.717) is 18.2 Å². The zero-order valence-electron chi connectivity index (χ0n) is 14.1. The van der Waals surface area contributed by atoms with Crippen LogP contribution in [0, 0.1) is 6.92 Å². The van der Waals surface area contributed by atoms with E-state index in [0.717, 1.165) is 17.7 Å². The lowest BCUT2D eigenvalue weighted by molar-refractivity contribution is 0.0510. The number of carbonyl (C=O) groups is 1. The molecule has 7 heteroatoms. The maximum atomic E-state index is 12.9. The Labute approximate surface area is 141 Å². The summed E-state index contributed by atoms with van der Waals surface area (Å²) in [6, 6.07) is 5.51. The Kier molecular flexibility index (Phi) is 4.71. The van der Waals surface area contributed by atoms with E-state index in [1.165, 1.54) is 0 Å². The third-order valence-electron chi connectivity index (χ3n) is 4.19. The average molecular weight is 327 g/mol. The van der Waals surface area contributed by atoms with Crippen LogP contribution < -0.4 is 5.32 Å². The standard InChI is InChI=1S/C17H21N5O2/c1-11-9-13(21-17(18-2)20-11)16(23)22(3)14-6-8-24-15(14)12-5-4-7-19-10-12/h4-5,7,9-10,14-15H,6,8H2,1-3H3,(H,18,20,21)/t14-,15+/m0/s1. The third kappa shape index (κ3) is 3.21. The maximum absolute atomic E-state index is 12.9. The SMILES string of the molecule is CNc1nc(C)cc(C(=O)N(C)[C@H]2CCO[C@@H]2c2cccnc2)n1. The molecule has 2 aromatic rings. The first kappa shape index (κ1) is 16.3. The van der Waals surface area contributed by atoms with Gasteiger partial charge in [0.25, 0.3) is 5.91 Å². The van der Waals surface area contributed by atoms with Gasteiger partial charge in [0.1, 0.15) is 11.8 Å². The molecule has 2 atom stereocenters. The smallest absolute Gasteiger partial charge is 0.272 e. The first-order chi connectivity index (χ1) is 11.6. The summed E-state index contributed by atoms with van der Waals surface area (Å²) in [5, 5.41) is 2.88. The van der Waals surface area contributed by atoms with Crippen LogP contribution in [-0.4, -0.2) is 52.5 Å². The fourth-order valence-corrected chi connectivity index (χ4v) is 2.96. The molecule has 0 unspecified atom stereocenters. The summed E-state index contributed by atoms with van der Waals surface area (Å²) in [4.78, 5) is 27.2. The Morgan fingerprint density at radius 2 is 2.25 bits per heavy atom. The van der Waals surface area contributed by atoms with E-state index >= 15 is 0 Å². The van der Waals surface area contributed by atoms with Crippen LogP contribution in [0.2, 0.25) is 0 Å². The number of rotatable bonds is 4. The highest BCUT2D eigenvalue weighted by Gasteiger charge is 2.35. The van der Waals surface area contributed by atoms with Crippen LogP contribution in [0.5, 0.6) is 0 Å². The van der Waals surface area contributed by atoms with Crippen molar-refractivity contribution in [1.82, 2.24) is 19.9 Å². The van der Waals surface area contributed by atoms with Crippen molar-refractivity contribution in [2.45, 2.75) is 25.5 Å². The summed E-state index contributed by atoms with van der Waals surface area (Å²) in [5.41, 5.74) is 2.11. The minimum Gasteiger partial charge on any atom is -0.371 e. The number of nitrogens with zero attached hydrogens (tertiary/aromatic N) is 4. The Balaban J connectivity index is 1.84. The van der Waals surface area contributed by atoms with Gasteiger partial charge in [0.15, 0.2) is 0 Å². The number of hydrogen-bond donors (Lipinski definition) is 1. The van der Waals surface area contributed by atoms with E-state index in [-0.39, 0.29) is 18.1 Å². The number of amides is 1. The molecule has 24 heavy (non-hydrogen) atoms. The molecule has 0 aromatic carbocycles. The van der Waals surface area contributed by atoms with Gasteiger partial charge in [-0.3, -0.25) is 9.78 Å². The molecule has 1 fully saturated rings. The molecular weight excluding hydrogens is 306 g/mol. The van der Waals surface area contributed by atoms with Crippen molar-refractivity contribution in [3.05, 3.63) is 47.5 Å². The summed E-state index contributed by atoms with van der Waals surface area (Å²) in [5.74, 6) is 0.305. The minimum atomic E-state index is -0.167.